The van der Waals surface area contributed by atoms with Gasteiger partial charge in [-0.3, -0.25) is 4.79 Å². The van der Waals surface area contributed by atoms with Crippen molar-refractivity contribution in [2.45, 2.75) is 32.7 Å². The van der Waals surface area contributed by atoms with Gasteiger partial charge in [0.25, 0.3) is 0 Å². The second-order valence-electron chi connectivity index (χ2n) is 3.96. The van der Waals surface area contributed by atoms with Crippen molar-refractivity contribution < 1.29 is 9.90 Å². The Labute approximate surface area is 66.6 Å². The number of hydrogen-bond donors (Lipinski definition) is 2. The van der Waals surface area contributed by atoms with Gasteiger partial charge in [0.2, 0.25) is 0 Å². The lowest BCUT2D eigenvalue weighted by Gasteiger charge is -2.50. The highest BCUT2D eigenvalue weighted by atomic mass is 16.4. The van der Waals surface area contributed by atoms with Gasteiger partial charge in [0.15, 0.2) is 0 Å². The summed E-state index contributed by atoms with van der Waals surface area (Å²) in [5.74, 6) is -0.440. The topological polar surface area (TPSA) is 63.3 Å². The van der Waals surface area contributed by atoms with Crippen LogP contribution in [0.4, 0.5) is 0 Å². The van der Waals surface area contributed by atoms with Crippen molar-refractivity contribution in [3.05, 3.63) is 0 Å². The van der Waals surface area contributed by atoms with Gasteiger partial charge in [0, 0.05) is 12.5 Å². The van der Waals surface area contributed by atoms with E-state index in [2.05, 4.69) is 0 Å². The Morgan fingerprint density at radius 2 is 2.27 bits per heavy atom. The van der Waals surface area contributed by atoms with E-state index in [0.717, 1.165) is 6.42 Å². The Morgan fingerprint density at radius 1 is 1.73 bits per heavy atom. The average molecular weight is 157 g/mol. The van der Waals surface area contributed by atoms with Gasteiger partial charge >= 0.3 is 5.97 Å². The van der Waals surface area contributed by atoms with E-state index in [1.54, 1.807) is 0 Å². The third-order valence-electron chi connectivity index (χ3n) is 2.97. The Bertz CT molecular complexity index is 177. The molecule has 64 valence electrons. The molecule has 3 heteroatoms. The van der Waals surface area contributed by atoms with Crippen LogP contribution in [0, 0.1) is 11.3 Å². The van der Waals surface area contributed by atoms with Gasteiger partial charge in [0.05, 0.1) is 0 Å². The minimum atomic E-state index is -0.713. The standard InChI is InChI=1S/C8H15NO2/c1-8(2)5(3-6(8)9)4-7(10)11/h5-6H,3-4,9H2,1-2H3,(H,10,11)/t5-,6+/m1/s1. The summed E-state index contributed by atoms with van der Waals surface area (Å²) in [6, 6.07) is 0.187. The van der Waals surface area contributed by atoms with E-state index in [-0.39, 0.29) is 23.8 Å². The molecule has 0 aromatic heterocycles. The first-order valence-electron chi connectivity index (χ1n) is 3.92. The number of carboxylic acids is 1. The van der Waals surface area contributed by atoms with Crippen molar-refractivity contribution >= 4 is 5.97 Å². The van der Waals surface area contributed by atoms with Gasteiger partial charge in [-0.05, 0) is 17.8 Å². The highest BCUT2D eigenvalue weighted by Gasteiger charge is 2.46. The molecule has 0 aliphatic heterocycles. The second kappa shape index (κ2) is 2.48. The summed E-state index contributed by atoms with van der Waals surface area (Å²) in [7, 11) is 0. The quantitative estimate of drug-likeness (QED) is 0.624. The van der Waals surface area contributed by atoms with E-state index in [9.17, 15) is 4.79 Å². The Morgan fingerprint density at radius 3 is 2.55 bits per heavy atom. The molecule has 1 saturated carbocycles. The van der Waals surface area contributed by atoms with Crippen molar-refractivity contribution in [1.29, 1.82) is 0 Å². The van der Waals surface area contributed by atoms with Crippen LogP contribution >= 0.6 is 0 Å². The van der Waals surface area contributed by atoms with Crippen LogP contribution in [0.15, 0.2) is 0 Å². The van der Waals surface area contributed by atoms with Crippen molar-refractivity contribution in [2.75, 3.05) is 0 Å². The highest BCUT2D eigenvalue weighted by molar-refractivity contribution is 5.67. The second-order valence-corrected chi connectivity index (χ2v) is 3.96. The number of carbonyl (C=O) groups is 1. The van der Waals surface area contributed by atoms with E-state index >= 15 is 0 Å². The molecule has 0 heterocycles. The molecule has 0 aromatic rings. The number of hydrogen-bond acceptors (Lipinski definition) is 2. The van der Waals surface area contributed by atoms with Gasteiger partial charge in [0.1, 0.15) is 0 Å². The summed E-state index contributed by atoms with van der Waals surface area (Å²) < 4.78 is 0. The van der Waals surface area contributed by atoms with Crippen LogP contribution in [0.2, 0.25) is 0 Å². The Hall–Kier alpha value is -0.570. The predicted octanol–water partition coefficient (Wildman–Crippen LogP) is 0.835. The lowest BCUT2D eigenvalue weighted by atomic mass is 9.58. The molecular weight excluding hydrogens is 142 g/mol. The minimum absolute atomic E-state index is 0.0262. The molecule has 1 aliphatic carbocycles. The van der Waals surface area contributed by atoms with Crippen LogP contribution in [0.1, 0.15) is 26.7 Å². The molecule has 1 fully saturated rings. The molecule has 0 radical (unpaired) electrons. The molecular formula is C8H15NO2. The summed E-state index contributed by atoms with van der Waals surface area (Å²) in [6.07, 6.45) is 1.12. The summed E-state index contributed by atoms with van der Waals surface area (Å²) >= 11 is 0. The van der Waals surface area contributed by atoms with E-state index in [0.29, 0.717) is 0 Å². The van der Waals surface area contributed by atoms with E-state index < -0.39 is 5.97 Å². The Balaban J connectivity index is 2.46. The van der Waals surface area contributed by atoms with Gasteiger partial charge in [-0.2, -0.15) is 0 Å². The maximum absolute atomic E-state index is 10.4. The fourth-order valence-corrected chi connectivity index (χ4v) is 1.61. The SMILES string of the molecule is CC1(C)[C@@H](CC(=O)O)C[C@@H]1N. The summed E-state index contributed by atoms with van der Waals surface area (Å²) in [5.41, 5.74) is 5.76. The number of aliphatic carboxylic acids is 1. The smallest absolute Gasteiger partial charge is 0.303 e. The largest absolute Gasteiger partial charge is 0.481 e. The molecule has 0 spiro atoms. The van der Waals surface area contributed by atoms with Crippen LogP contribution in [0.3, 0.4) is 0 Å². The van der Waals surface area contributed by atoms with Gasteiger partial charge in [-0.25, -0.2) is 0 Å². The molecule has 2 atom stereocenters. The molecule has 0 amide bonds. The fraction of sp³-hybridized carbons (Fsp3) is 0.875. The monoisotopic (exact) mass is 157 g/mol. The van der Waals surface area contributed by atoms with Crippen LogP contribution < -0.4 is 5.73 Å². The van der Waals surface area contributed by atoms with E-state index in [1.807, 2.05) is 13.8 Å². The first kappa shape index (κ1) is 8.53. The molecule has 0 aromatic carbocycles. The number of carboxylic acid groups (broad SMARTS) is 1. The Kier molecular flexibility index (Phi) is 1.92. The van der Waals surface area contributed by atoms with Crippen LogP contribution in [0.25, 0.3) is 0 Å². The maximum atomic E-state index is 10.4. The molecule has 3 N–H and O–H groups in total. The van der Waals surface area contributed by atoms with E-state index in [1.165, 1.54) is 0 Å². The zero-order valence-electron chi connectivity index (χ0n) is 7.00. The van der Waals surface area contributed by atoms with Crippen molar-refractivity contribution in [1.82, 2.24) is 0 Å². The first-order valence-corrected chi connectivity index (χ1v) is 3.92. The van der Waals surface area contributed by atoms with Crippen LogP contribution in [-0.2, 0) is 4.79 Å². The minimum Gasteiger partial charge on any atom is -0.481 e. The summed E-state index contributed by atoms with van der Waals surface area (Å²) in [5, 5.41) is 8.53. The zero-order valence-corrected chi connectivity index (χ0v) is 7.00. The summed E-state index contributed by atoms with van der Waals surface area (Å²) in [4.78, 5) is 10.4. The first-order chi connectivity index (χ1) is 4.94. The molecule has 3 nitrogen and oxygen atoms in total. The van der Waals surface area contributed by atoms with Crippen molar-refractivity contribution in [3.63, 3.8) is 0 Å². The fourth-order valence-electron chi connectivity index (χ4n) is 1.61. The summed E-state index contributed by atoms with van der Waals surface area (Å²) in [6.45, 7) is 4.07. The van der Waals surface area contributed by atoms with Gasteiger partial charge < -0.3 is 10.8 Å². The molecule has 1 rings (SSSR count). The zero-order chi connectivity index (χ0) is 8.65. The van der Waals surface area contributed by atoms with Crippen molar-refractivity contribution in [2.24, 2.45) is 17.1 Å². The van der Waals surface area contributed by atoms with Crippen LogP contribution in [-0.4, -0.2) is 17.1 Å². The average Bonchev–Trinajstić information content (AvgIpc) is 1.87. The van der Waals surface area contributed by atoms with Gasteiger partial charge in [-0.1, -0.05) is 13.8 Å². The number of rotatable bonds is 2. The molecule has 0 bridgehead atoms. The normalized spacial score (nSPS) is 34.5. The number of nitrogens with two attached hydrogens (primary N) is 1. The lowest BCUT2D eigenvalue weighted by molar-refractivity contribution is -0.141. The van der Waals surface area contributed by atoms with Crippen molar-refractivity contribution in [3.8, 4) is 0 Å². The van der Waals surface area contributed by atoms with Crippen LogP contribution in [0.5, 0.6) is 0 Å². The predicted molar refractivity (Wildman–Crippen MR) is 42.1 cm³/mol. The van der Waals surface area contributed by atoms with Gasteiger partial charge in [-0.15, -0.1) is 0 Å². The molecule has 11 heavy (non-hydrogen) atoms. The third kappa shape index (κ3) is 1.38. The maximum Gasteiger partial charge on any atom is 0.303 e. The molecule has 1 aliphatic rings. The third-order valence-corrected chi connectivity index (χ3v) is 2.97. The molecule has 0 saturated heterocycles. The lowest BCUT2D eigenvalue weighted by Crippen LogP contribution is -2.54. The molecule has 0 unspecified atom stereocenters. The van der Waals surface area contributed by atoms with E-state index in [4.69, 9.17) is 10.8 Å². The highest BCUT2D eigenvalue weighted by Crippen LogP contribution is 2.46.